The predicted octanol–water partition coefficient (Wildman–Crippen LogP) is 2.39. The smallest absolute Gasteiger partial charge is 0.226 e. The van der Waals surface area contributed by atoms with Gasteiger partial charge in [0.1, 0.15) is 5.01 Å². The molecule has 0 fully saturated rings. The summed E-state index contributed by atoms with van der Waals surface area (Å²) in [5.41, 5.74) is 1.87. The second kappa shape index (κ2) is 9.05. The molecule has 0 saturated carbocycles. The second-order valence-electron chi connectivity index (χ2n) is 5.23. The van der Waals surface area contributed by atoms with Crippen LogP contribution in [0.2, 0.25) is 0 Å². The van der Waals surface area contributed by atoms with Crippen molar-refractivity contribution in [2.24, 2.45) is 0 Å². The predicted molar refractivity (Wildman–Crippen MR) is 92.2 cm³/mol. The Balaban J connectivity index is 1.70. The lowest BCUT2D eigenvalue weighted by Gasteiger charge is -2.04. The Labute approximate surface area is 140 Å². The Morgan fingerprint density at radius 2 is 1.78 bits per heavy atom. The summed E-state index contributed by atoms with van der Waals surface area (Å²) in [4.78, 5) is 27.1. The molecule has 0 radical (unpaired) electrons. The van der Waals surface area contributed by atoms with Crippen molar-refractivity contribution in [1.29, 1.82) is 0 Å². The molecular weight excluding hydrogens is 310 g/mol. The van der Waals surface area contributed by atoms with Gasteiger partial charge in [0.25, 0.3) is 0 Å². The van der Waals surface area contributed by atoms with E-state index in [4.69, 9.17) is 0 Å². The highest BCUT2D eigenvalue weighted by Crippen LogP contribution is 2.23. The van der Waals surface area contributed by atoms with Gasteiger partial charge in [-0.25, -0.2) is 4.98 Å². The Kier molecular flexibility index (Phi) is 6.75. The molecule has 0 saturated heterocycles. The summed E-state index contributed by atoms with van der Waals surface area (Å²) in [7, 11) is 0. The van der Waals surface area contributed by atoms with Crippen LogP contribution >= 0.6 is 11.3 Å². The molecule has 122 valence electrons. The molecule has 1 aromatic carbocycles. The van der Waals surface area contributed by atoms with Crippen LogP contribution in [0, 0.1) is 0 Å². The van der Waals surface area contributed by atoms with Crippen molar-refractivity contribution in [2.45, 2.75) is 26.2 Å². The molecule has 0 aliphatic carbocycles. The van der Waals surface area contributed by atoms with Gasteiger partial charge in [0.15, 0.2) is 0 Å². The van der Waals surface area contributed by atoms with Crippen molar-refractivity contribution in [3.63, 3.8) is 0 Å². The molecule has 0 aliphatic heterocycles. The highest BCUT2D eigenvalue weighted by molar-refractivity contribution is 7.13. The zero-order chi connectivity index (χ0) is 16.5. The fraction of sp³-hybridized carbons (Fsp3) is 0.353. The van der Waals surface area contributed by atoms with E-state index in [1.807, 2.05) is 35.7 Å². The number of carbonyl (C=O) groups excluding carboxylic acids is 2. The largest absolute Gasteiger partial charge is 0.356 e. The third-order valence-corrected chi connectivity index (χ3v) is 4.15. The number of nitrogens with zero attached hydrogens (tertiary/aromatic N) is 1. The number of amides is 2. The van der Waals surface area contributed by atoms with Crippen LogP contribution in [0.4, 0.5) is 0 Å². The molecule has 0 atom stereocenters. The number of rotatable bonds is 8. The van der Waals surface area contributed by atoms with E-state index in [1.165, 1.54) is 6.92 Å². The summed E-state index contributed by atoms with van der Waals surface area (Å²) >= 11 is 1.55. The highest BCUT2D eigenvalue weighted by Gasteiger charge is 2.08. The zero-order valence-corrected chi connectivity index (χ0v) is 14.0. The van der Waals surface area contributed by atoms with E-state index in [0.29, 0.717) is 19.5 Å². The Morgan fingerprint density at radius 1 is 1.09 bits per heavy atom. The van der Waals surface area contributed by atoms with Crippen molar-refractivity contribution < 1.29 is 9.59 Å². The van der Waals surface area contributed by atoms with Crippen LogP contribution in [0.15, 0.2) is 35.7 Å². The van der Waals surface area contributed by atoms with Gasteiger partial charge in [-0.2, -0.15) is 0 Å². The Bertz CT molecular complexity index is 640. The van der Waals surface area contributed by atoms with Crippen LogP contribution in [0.25, 0.3) is 10.6 Å². The van der Waals surface area contributed by atoms with Crippen LogP contribution in [0.3, 0.4) is 0 Å². The summed E-state index contributed by atoms with van der Waals surface area (Å²) in [6.07, 6.45) is 2.00. The first kappa shape index (κ1) is 17.1. The van der Waals surface area contributed by atoms with Crippen LogP contribution < -0.4 is 10.6 Å². The highest BCUT2D eigenvalue weighted by atomic mass is 32.1. The first-order chi connectivity index (χ1) is 11.1. The van der Waals surface area contributed by atoms with E-state index in [0.717, 1.165) is 29.1 Å². The molecule has 5 nitrogen and oxygen atoms in total. The number of benzene rings is 1. The SMILES string of the molecule is CC(=O)NCCCCNC(=O)Cc1csc(-c2ccccc2)n1. The number of carbonyl (C=O) groups is 2. The zero-order valence-electron chi connectivity index (χ0n) is 13.2. The van der Waals surface area contributed by atoms with Gasteiger partial charge in [-0.3, -0.25) is 9.59 Å². The monoisotopic (exact) mass is 331 g/mol. The number of hydrogen-bond acceptors (Lipinski definition) is 4. The normalized spacial score (nSPS) is 10.3. The van der Waals surface area contributed by atoms with Crippen LogP contribution in [0.5, 0.6) is 0 Å². The molecule has 23 heavy (non-hydrogen) atoms. The number of aromatic nitrogens is 1. The molecule has 0 unspecified atom stereocenters. The quantitative estimate of drug-likeness (QED) is 0.730. The third kappa shape index (κ3) is 6.20. The molecule has 0 bridgehead atoms. The summed E-state index contributed by atoms with van der Waals surface area (Å²) in [5.74, 6) is -0.0405. The Morgan fingerprint density at radius 3 is 2.48 bits per heavy atom. The minimum atomic E-state index is -0.0215. The van der Waals surface area contributed by atoms with Crippen molar-refractivity contribution in [1.82, 2.24) is 15.6 Å². The standard InChI is InChI=1S/C17H21N3O2S/c1-13(21)18-9-5-6-10-19-16(22)11-15-12-23-17(20-15)14-7-3-2-4-8-14/h2-4,7-8,12H,5-6,9-11H2,1H3,(H,18,21)(H,19,22). The van der Waals surface area contributed by atoms with Crippen molar-refractivity contribution in [3.8, 4) is 10.6 Å². The second-order valence-corrected chi connectivity index (χ2v) is 6.08. The van der Waals surface area contributed by atoms with E-state index >= 15 is 0 Å². The maximum absolute atomic E-state index is 11.9. The maximum atomic E-state index is 11.9. The number of thiazole rings is 1. The maximum Gasteiger partial charge on any atom is 0.226 e. The van der Waals surface area contributed by atoms with Gasteiger partial charge in [0, 0.05) is 31.0 Å². The minimum absolute atomic E-state index is 0.0190. The average molecular weight is 331 g/mol. The summed E-state index contributed by atoms with van der Waals surface area (Å²) in [6.45, 7) is 2.77. The van der Waals surface area contributed by atoms with Crippen LogP contribution in [-0.2, 0) is 16.0 Å². The first-order valence-electron chi connectivity index (χ1n) is 7.66. The van der Waals surface area contributed by atoms with Gasteiger partial charge in [-0.1, -0.05) is 30.3 Å². The van der Waals surface area contributed by atoms with E-state index in [9.17, 15) is 9.59 Å². The molecule has 1 aromatic heterocycles. The lowest BCUT2D eigenvalue weighted by Crippen LogP contribution is -2.27. The molecule has 1 heterocycles. The molecule has 2 N–H and O–H groups in total. The minimum Gasteiger partial charge on any atom is -0.356 e. The molecule has 2 rings (SSSR count). The van der Waals surface area contributed by atoms with E-state index < -0.39 is 0 Å². The van der Waals surface area contributed by atoms with E-state index in [1.54, 1.807) is 11.3 Å². The number of nitrogens with one attached hydrogen (secondary N) is 2. The number of hydrogen-bond donors (Lipinski definition) is 2. The first-order valence-corrected chi connectivity index (χ1v) is 8.54. The van der Waals surface area contributed by atoms with Gasteiger partial charge in [-0.05, 0) is 12.8 Å². The summed E-state index contributed by atoms with van der Waals surface area (Å²) in [6, 6.07) is 9.95. The molecule has 6 heteroatoms. The Hall–Kier alpha value is -2.21. The lowest BCUT2D eigenvalue weighted by molar-refractivity contribution is -0.121. The van der Waals surface area contributed by atoms with E-state index in [2.05, 4.69) is 15.6 Å². The molecule has 2 amide bonds. The van der Waals surface area contributed by atoms with Gasteiger partial charge in [-0.15, -0.1) is 11.3 Å². The third-order valence-electron chi connectivity index (χ3n) is 3.21. The van der Waals surface area contributed by atoms with Crippen molar-refractivity contribution in [2.75, 3.05) is 13.1 Å². The van der Waals surface area contributed by atoms with Gasteiger partial charge in [0.2, 0.25) is 11.8 Å². The van der Waals surface area contributed by atoms with Crippen LogP contribution in [-0.4, -0.2) is 29.9 Å². The fourth-order valence-electron chi connectivity index (χ4n) is 2.07. The summed E-state index contributed by atoms with van der Waals surface area (Å²) < 4.78 is 0. The van der Waals surface area contributed by atoms with E-state index in [-0.39, 0.29) is 11.8 Å². The fourth-order valence-corrected chi connectivity index (χ4v) is 2.90. The molecule has 2 aromatic rings. The van der Waals surface area contributed by atoms with Crippen molar-refractivity contribution in [3.05, 3.63) is 41.4 Å². The van der Waals surface area contributed by atoms with Crippen LogP contribution in [0.1, 0.15) is 25.5 Å². The molecule has 0 aliphatic rings. The van der Waals surface area contributed by atoms with Gasteiger partial charge < -0.3 is 10.6 Å². The molecular formula is C17H21N3O2S. The average Bonchev–Trinajstić information content (AvgIpc) is 3.00. The molecule has 0 spiro atoms. The van der Waals surface area contributed by atoms with Gasteiger partial charge >= 0.3 is 0 Å². The topological polar surface area (TPSA) is 71.1 Å². The lowest BCUT2D eigenvalue weighted by atomic mass is 10.2. The number of unbranched alkanes of at least 4 members (excludes halogenated alkanes) is 1. The van der Waals surface area contributed by atoms with Gasteiger partial charge in [0.05, 0.1) is 12.1 Å². The van der Waals surface area contributed by atoms with Crippen molar-refractivity contribution >= 4 is 23.2 Å². The summed E-state index contributed by atoms with van der Waals surface area (Å²) in [5, 5.41) is 8.48.